The minimum atomic E-state index is -3.51. The molecule has 96 valence electrons. The standard InChI is InChI=1S/C12H14N2O2S2/c1-2-11-6-7-12(17-11)18(15,16)14-10-5-3-4-9(13)8-10/h3-8,14H,2,13H2,1H3. The molecule has 0 saturated carbocycles. The Kier molecular flexibility index (Phi) is 3.58. The first-order chi connectivity index (χ1) is 8.51. The fourth-order valence-electron chi connectivity index (χ4n) is 1.50. The third-order valence-corrected chi connectivity index (χ3v) is 5.49. The van der Waals surface area contributed by atoms with Crippen molar-refractivity contribution in [1.29, 1.82) is 0 Å². The van der Waals surface area contributed by atoms with Crippen LogP contribution < -0.4 is 10.5 Å². The van der Waals surface area contributed by atoms with Gasteiger partial charge in [-0.3, -0.25) is 4.72 Å². The molecule has 0 radical (unpaired) electrons. The molecule has 0 aliphatic rings. The van der Waals surface area contributed by atoms with E-state index in [1.807, 2.05) is 13.0 Å². The lowest BCUT2D eigenvalue weighted by Gasteiger charge is -2.06. The van der Waals surface area contributed by atoms with Crippen LogP contribution in [0.4, 0.5) is 11.4 Å². The molecule has 1 heterocycles. The van der Waals surface area contributed by atoms with Gasteiger partial charge < -0.3 is 5.73 Å². The summed E-state index contributed by atoms with van der Waals surface area (Å²) in [5, 5.41) is 0. The number of nitrogen functional groups attached to an aromatic ring is 1. The number of anilines is 2. The summed E-state index contributed by atoms with van der Waals surface area (Å²) in [5.74, 6) is 0. The van der Waals surface area contributed by atoms with Crippen LogP contribution in [0, 0.1) is 0 Å². The molecule has 1 aromatic heterocycles. The molecule has 0 fully saturated rings. The first-order valence-electron chi connectivity index (χ1n) is 5.48. The highest BCUT2D eigenvalue weighted by molar-refractivity contribution is 7.94. The maximum Gasteiger partial charge on any atom is 0.271 e. The Hall–Kier alpha value is -1.53. The number of hydrogen-bond acceptors (Lipinski definition) is 4. The van der Waals surface area contributed by atoms with Crippen LogP contribution >= 0.6 is 11.3 Å². The summed E-state index contributed by atoms with van der Waals surface area (Å²) in [6.45, 7) is 1.99. The van der Waals surface area contributed by atoms with Crippen LogP contribution in [0.25, 0.3) is 0 Å². The Morgan fingerprint density at radius 3 is 2.67 bits per heavy atom. The van der Waals surface area contributed by atoms with Crippen LogP contribution in [0.15, 0.2) is 40.6 Å². The van der Waals surface area contributed by atoms with Gasteiger partial charge in [-0.15, -0.1) is 11.3 Å². The lowest BCUT2D eigenvalue weighted by atomic mass is 10.3. The highest BCUT2D eigenvalue weighted by atomic mass is 32.2. The van der Waals surface area contributed by atoms with Gasteiger partial charge in [0, 0.05) is 10.6 Å². The molecule has 0 saturated heterocycles. The van der Waals surface area contributed by atoms with Gasteiger partial charge in [-0.2, -0.15) is 0 Å². The second kappa shape index (κ2) is 4.99. The summed E-state index contributed by atoms with van der Waals surface area (Å²) < 4.78 is 27.0. The zero-order valence-electron chi connectivity index (χ0n) is 9.88. The summed E-state index contributed by atoms with van der Waals surface area (Å²) in [7, 11) is -3.51. The predicted octanol–water partition coefficient (Wildman–Crippen LogP) is 2.69. The molecule has 0 amide bonds. The smallest absolute Gasteiger partial charge is 0.271 e. The van der Waals surface area contributed by atoms with Crippen LogP contribution in [-0.2, 0) is 16.4 Å². The first-order valence-corrected chi connectivity index (χ1v) is 7.78. The highest BCUT2D eigenvalue weighted by Crippen LogP contribution is 2.24. The Morgan fingerprint density at radius 2 is 2.06 bits per heavy atom. The van der Waals surface area contributed by atoms with E-state index in [-0.39, 0.29) is 0 Å². The van der Waals surface area contributed by atoms with Crippen molar-refractivity contribution in [2.45, 2.75) is 17.6 Å². The highest BCUT2D eigenvalue weighted by Gasteiger charge is 2.16. The summed E-state index contributed by atoms with van der Waals surface area (Å²) >= 11 is 1.28. The summed E-state index contributed by atoms with van der Waals surface area (Å²) in [4.78, 5) is 1.04. The lowest BCUT2D eigenvalue weighted by Crippen LogP contribution is -2.11. The van der Waals surface area contributed by atoms with E-state index in [4.69, 9.17) is 5.73 Å². The van der Waals surface area contributed by atoms with Gasteiger partial charge in [-0.05, 0) is 36.8 Å². The molecular formula is C12H14N2O2S2. The quantitative estimate of drug-likeness (QED) is 0.847. The maximum absolute atomic E-state index is 12.1. The molecular weight excluding hydrogens is 268 g/mol. The molecule has 6 heteroatoms. The van der Waals surface area contributed by atoms with Gasteiger partial charge >= 0.3 is 0 Å². The average molecular weight is 282 g/mol. The average Bonchev–Trinajstić information content (AvgIpc) is 2.77. The number of rotatable bonds is 4. The zero-order chi connectivity index (χ0) is 13.2. The number of sulfonamides is 1. The SMILES string of the molecule is CCc1ccc(S(=O)(=O)Nc2cccc(N)c2)s1. The minimum absolute atomic E-state index is 0.321. The van der Waals surface area contributed by atoms with Crippen molar-refractivity contribution in [2.24, 2.45) is 0 Å². The minimum Gasteiger partial charge on any atom is -0.399 e. The Morgan fingerprint density at radius 1 is 1.28 bits per heavy atom. The van der Waals surface area contributed by atoms with Crippen LogP contribution in [-0.4, -0.2) is 8.42 Å². The number of aryl methyl sites for hydroxylation is 1. The fourth-order valence-corrected chi connectivity index (χ4v) is 3.85. The fraction of sp³-hybridized carbons (Fsp3) is 0.167. The first kappa shape index (κ1) is 12.9. The van der Waals surface area contributed by atoms with Crippen LogP contribution in [0.3, 0.4) is 0 Å². The van der Waals surface area contributed by atoms with Crippen molar-refractivity contribution in [3.8, 4) is 0 Å². The molecule has 0 atom stereocenters. The molecule has 3 N–H and O–H groups in total. The van der Waals surface area contributed by atoms with Crippen LogP contribution in [0.5, 0.6) is 0 Å². The Labute approximate surface area is 111 Å². The van der Waals surface area contributed by atoms with E-state index < -0.39 is 10.0 Å². The van der Waals surface area contributed by atoms with E-state index in [0.29, 0.717) is 15.6 Å². The second-order valence-corrected chi connectivity index (χ2v) is 6.88. The number of hydrogen-bond donors (Lipinski definition) is 2. The van der Waals surface area contributed by atoms with E-state index in [2.05, 4.69) is 4.72 Å². The van der Waals surface area contributed by atoms with Gasteiger partial charge in [0.15, 0.2) is 0 Å². The van der Waals surface area contributed by atoms with Gasteiger partial charge in [0.25, 0.3) is 10.0 Å². The third kappa shape index (κ3) is 2.83. The van der Waals surface area contributed by atoms with Gasteiger partial charge in [-0.25, -0.2) is 8.42 Å². The molecule has 0 bridgehead atoms. The lowest BCUT2D eigenvalue weighted by molar-refractivity contribution is 0.603. The second-order valence-electron chi connectivity index (χ2n) is 3.81. The summed E-state index contributed by atoms with van der Waals surface area (Å²) in [5.41, 5.74) is 6.61. The van der Waals surface area contributed by atoms with Crippen molar-refractivity contribution in [3.05, 3.63) is 41.3 Å². The molecule has 4 nitrogen and oxygen atoms in total. The Bertz CT molecular complexity index is 648. The van der Waals surface area contributed by atoms with E-state index in [1.165, 1.54) is 11.3 Å². The van der Waals surface area contributed by atoms with Crippen molar-refractivity contribution in [3.63, 3.8) is 0 Å². The third-order valence-electron chi connectivity index (χ3n) is 2.39. The summed E-state index contributed by atoms with van der Waals surface area (Å²) in [6, 6.07) is 10.1. The molecule has 1 aromatic carbocycles. The van der Waals surface area contributed by atoms with Crippen molar-refractivity contribution in [2.75, 3.05) is 10.5 Å². The molecule has 0 unspecified atom stereocenters. The number of benzene rings is 1. The van der Waals surface area contributed by atoms with Gasteiger partial charge in [0.2, 0.25) is 0 Å². The molecule has 2 rings (SSSR count). The van der Waals surface area contributed by atoms with Gasteiger partial charge in [-0.1, -0.05) is 13.0 Å². The van der Waals surface area contributed by atoms with Gasteiger partial charge in [0.1, 0.15) is 4.21 Å². The van der Waals surface area contributed by atoms with E-state index in [0.717, 1.165) is 11.3 Å². The van der Waals surface area contributed by atoms with E-state index in [1.54, 1.807) is 30.3 Å². The van der Waals surface area contributed by atoms with Crippen molar-refractivity contribution in [1.82, 2.24) is 0 Å². The largest absolute Gasteiger partial charge is 0.399 e. The number of nitrogens with one attached hydrogen (secondary N) is 1. The van der Waals surface area contributed by atoms with Crippen LogP contribution in [0.2, 0.25) is 0 Å². The monoisotopic (exact) mass is 282 g/mol. The van der Waals surface area contributed by atoms with Crippen molar-refractivity contribution < 1.29 is 8.42 Å². The normalized spacial score (nSPS) is 11.4. The zero-order valence-corrected chi connectivity index (χ0v) is 11.5. The Balaban J connectivity index is 2.27. The van der Waals surface area contributed by atoms with E-state index in [9.17, 15) is 8.42 Å². The number of thiophene rings is 1. The molecule has 2 aromatic rings. The maximum atomic E-state index is 12.1. The summed E-state index contributed by atoms with van der Waals surface area (Å²) in [6.07, 6.45) is 0.832. The van der Waals surface area contributed by atoms with Gasteiger partial charge in [0.05, 0.1) is 5.69 Å². The van der Waals surface area contributed by atoms with Crippen LogP contribution in [0.1, 0.15) is 11.8 Å². The molecule has 0 aliphatic carbocycles. The van der Waals surface area contributed by atoms with E-state index >= 15 is 0 Å². The topological polar surface area (TPSA) is 72.2 Å². The predicted molar refractivity (Wildman–Crippen MR) is 75.4 cm³/mol. The molecule has 0 spiro atoms. The number of nitrogens with two attached hydrogens (primary N) is 1. The van der Waals surface area contributed by atoms with Crippen molar-refractivity contribution >= 4 is 32.7 Å². The molecule has 0 aliphatic heterocycles. The molecule has 18 heavy (non-hydrogen) atoms.